The maximum absolute atomic E-state index is 11.1. The smallest absolute Gasteiger partial charge is 0.331 e. The number of carbonyl (C=O) groups excluding carboxylic acids is 1. The largest absolute Gasteiger partial charge is 0.458 e. The van der Waals surface area contributed by atoms with Crippen LogP contribution in [0.3, 0.4) is 0 Å². The lowest BCUT2D eigenvalue weighted by molar-refractivity contribution is -0.136. The maximum Gasteiger partial charge on any atom is 0.331 e. The molecule has 0 saturated heterocycles. The van der Waals surface area contributed by atoms with Gasteiger partial charge in [-0.2, -0.15) is 0 Å². The molecular formula is C11H18O2. The molecule has 0 aliphatic carbocycles. The van der Waals surface area contributed by atoms with Crippen molar-refractivity contribution in [3.8, 4) is 0 Å². The highest BCUT2D eigenvalue weighted by Gasteiger charge is 2.13. The molecule has 0 atom stereocenters. The van der Waals surface area contributed by atoms with E-state index < -0.39 is 0 Å². The minimum atomic E-state index is -0.299. The predicted molar refractivity (Wildman–Crippen MR) is 54.4 cm³/mol. The third kappa shape index (κ3) is 5.23. The number of hydrogen-bond acceptors (Lipinski definition) is 2. The minimum absolute atomic E-state index is 0.0210. The SMILES string of the molecule is C=CCOC(=O)/C=C(\C)C(C)(C)C. The Labute approximate surface area is 80.3 Å². The molecular weight excluding hydrogens is 164 g/mol. The fourth-order valence-corrected chi connectivity index (χ4v) is 0.576. The van der Waals surface area contributed by atoms with Gasteiger partial charge in [0.15, 0.2) is 0 Å². The van der Waals surface area contributed by atoms with E-state index >= 15 is 0 Å². The van der Waals surface area contributed by atoms with Crippen LogP contribution in [0.25, 0.3) is 0 Å². The van der Waals surface area contributed by atoms with Crippen LogP contribution in [0.2, 0.25) is 0 Å². The molecule has 74 valence electrons. The zero-order chi connectivity index (χ0) is 10.5. The van der Waals surface area contributed by atoms with Crippen molar-refractivity contribution in [2.45, 2.75) is 27.7 Å². The first-order valence-corrected chi connectivity index (χ1v) is 4.34. The summed E-state index contributed by atoms with van der Waals surface area (Å²) in [5.41, 5.74) is 1.04. The Balaban J connectivity index is 4.22. The predicted octanol–water partition coefficient (Wildman–Crippen LogP) is 2.71. The van der Waals surface area contributed by atoms with Gasteiger partial charge in [0, 0.05) is 6.08 Å². The first kappa shape index (κ1) is 11.9. The quantitative estimate of drug-likeness (QED) is 0.381. The van der Waals surface area contributed by atoms with Gasteiger partial charge in [-0.05, 0) is 12.3 Å². The maximum atomic E-state index is 11.1. The summed E-state index contributed by atoms with van der Waals surface area (Å²) in [7, 11) is 0. The Morgan fingerprint density at radius 1 is 1.46 bits per heavy atom. The van der Waals surface area contributed by atoms with Crippen molar-refractivity contribution in [2.24, 2.45) is 5.41 Å². The number of esters is 1. The monoisotopic (exact) mass is 182 g/mol. The molecule has 0 bridgehead atoms. The summed E-state index contributed by atoms with van der Waals surface area (Å²) in [4.78, 5) is 11.1. The molecule has 0 aromatic heterocycles. The molecule has 0 heterocycles. The van der Waals surface area contributed by atoms with Crippen molar-refractivity contribution in [3.63, 3.8) is 0 Å². The van der Waals surface area contributed by atoms with Gasteiger partial charge in [-0.15, -0.1) is 0 Å². The number of carbonyl (C=O) groups is 1. The summed E-state index contributed by atoms with van der Waals surface area (Å²) in [5.74, 6) is -0.299. The van der Waals surface area contributed by atoms with Gasteiger partial charge in [0.05, 0.1) is 0 Å². The first-order chi connectivity index (χ1) is 5.88. The van der Waals surface area contributed by atoms with Crippen molar-refractivity contribution >= 4 is 5.97 Å². The molecule has 0 fully saturated rings. The van der Waals surface area contributed by atoms with Crippen LogP contribution in [0, 0.1) is 5.41 Å². The van der Waals surface area contributed by atoms with Crippen LogP contribution in [0.15, 0.2) is 24.3 Å². The summed E-state index contributed by atoms with van der Waals surface area (Å²) in [5, 5.41) is 0. The number of ether oxygens (including phenoxy) is 1. The summed E-state index contributed by atoms with van der Waals surface area (Å²) < 4.78 is 4.82. The Kier molecular flexibility index (Phi) is 4.46. The molecule has 0 aliphatic rings. The van der Waals surface area contributed by atoms with Gasteiger partial charge in [0.2, 0.25) is 0 Å². The summed E-state index contributed by atoms with van der Waals surface area (Å²) >= 11 is 0. The van der Waals surface area contributed by atoms with E-state index in [0.717, 1.165) is 5.57 Å². The molecule has 0 spiro atoms. The summed E-state index contributed by atoms with van der Waals surface area (Å²) in [6.45, 7) is 11.8. The van der Waals surface area contributed by atoms with E-state index in [0.29, 0.717) is 0 Å². The zero-order valence-electron chi connectivity index (χ0n) is 8.89. The standard InChI is InChI=1S/C11H18O2/c1-6-7-13-10(12)8-9(2)11(3,4)5/h6,8H,1,7H2,2-5H3/b9-8+. The normalized spacial score (nSPS) is 12.5. The lowest BCUT2D eigenvalue weighted by Gasteiger charge is -2.18. The van der Waals surface area contributed by atoms with Crippen LogP contribution < -0.4 is 0 Å². The Bertz CT molecular complexity index is 219. The molecule has 0 N–H and O–H groups in total. The average molecular weight is 182 g/mol. The molecule has 0 rings (SSSR count). The van der Waals surface area contributed by atoms with Crippen molar-refractivity contribution in [1.29, 1.82) is 0 Å². The molecule has 13 heavy (non-hydrogen) atoms. The second-order valence-electron chi connectivity index (χ2n) is 4.00. The van der Waals surface area contributed by atoms with Crippen molar-refractivity contribution < 1.29 is 9.53 Å². The van der Waals surface area contributed by atoms with E-state index in [1.54, 1.807) is 6.08 Å². The van der Waals surface area contributed by atoms with Crippen molar-refractivity contribution in [1.82, 2.24) is 0 Å². The van der Waals surface area contributed by atoms with E-state index in [2.05, 4.69) is 27.4 Å². The van der Waals surface area contributed by atoms with Crippen molar-refractivity contribution in [3.05, 3.63) is 24.3 Å². The van der Waals surface area contributed by atoms with Gasteiger partial charge in [-0.3, -0.25) is 0 Å². The van der Waals surface area contributed by atoms with Crippen LogP contribution in [0.4, 0.5) is 0 Å². The van der Waals surface area contributed by atoms with E-state index in [-0.39, 0.29) is 18.0 Å². The topological polar surface area (TPSA) is 26.3 Å². The van der Waals surface area contributed by atoms with Crippen LogP contribution >= 0.6 is 0 Å². The third-order valence-electron chi connectivity index (χ3n) is 1.86. The zero-order valence-corrected chi connectivity index (χ0v) is 8.89. The van der Waals surface area contributed by atoms with Crippen LogP contribution in [-0.2, 0) is 9.53 Å². The van der Waals surface area contributed by atoms with Crippen LogP contribution in [-0.4, -0.2) is 12.6 Å². The first-order valence-electron chi connectivity index (χ1n) is 4.34. The van der Waals surface area contributed by atoms with E-state index in [9.17, 15) is 4.79 Å². The molecule has 0 amide bonds. The van der Waals surface area contributed by atoms with Gasteiger partial charge in [0.1, 0.15) is 6.61 Å². The highest BCUT2D eigenvalue weighted by atomic mass is 16.5. The molecule has 0 aromatic rings. The summed E-state index contributed by atoms with van der Waals surface area (Å²) in [6, 6.07) is 0. The molecule has 0 aliphatic heterocycles. The van der Waals surface area contributed by atoms with Crippen LogP contribution in [0.5, 0.6) is 0 Å². The molecule has 0 unspecified atom stereocenters. The molecule has 0 saturated carbocycles. The summed E-state index contributed by atoms with van der Waals surface area (Å²) in [6.07, 6.45) is 3.08. The minimum Gasteiger partial charge on any atom is -0.458 e. The highest BCUT2D eigenvalue weighted by molar-refractivity contribution is 5.82. The second kappa shape index (κ2) is 4.85. The van der Waals surface area contributed by atoms with Gasteiger partial charge in [-0.25, -0.2) is 4.79 Å². The second-order valence-corrected chi connectivity index (χ2v) is 4.00. The van der Waals surface area contributed by atoms with Crippen LogP contribution in [0.1, 0.15) is 27.7 Å². The average Bonchev–Trinajstić information content (AvgIpc) is 1.99. The Morgan fingerprint density at radius 2 is 2.00 bits per heavy atom. The van der Waals surface area contributed by atoms with E-state index in [1.165, 1.54) is 6.08 Å². The lowest BCUT2D eigenvalue weighted by atomic mass is 9.87. The molecule has 0 radical (unpaired) electrons. The highest BCUT2D eigenvalue weighted by Crippen LogP contribution is 2.23. The fourth-order valence-electron chi connectivity index (χ4n) is 0.576. The van der Waals surface area contributed by atoms with E-state index in [1.807, 2.05) is 6.92 Å². The van der Waals surface area contributed by atoms with Gasteiger partial charge >= 0.3 is 5.97 Å². The Hall–Kier alpha value is -1.05. The Morgan fingerprint density at radius 3 is 2.38 bits per heavy atom. The third-order valence-corrected chi connectivity index (χ3v) is 1.86. The number of allylic oxidation sites excluding steroid dienone is 1. The fraction of sp³-hybridized carbons (Fsp3) is 0.545. The van der Waals surface area contributed by atoms with Crippen molar-refractivity contribution in [2.75, 3.05) is 6.61 Å². The van der Waals surface area contributed by atoms with E-state index in [4.69, 9.17) is 4.74 Å². The lowest BCUT2D eigenvalue weighted by Crippen LogP contribution is -2.10. The molecule has 2 heteroatoms. The number of hydrogen-bond donors (Lipinski definition) is 0. The van der Waals surface area contributed by atoms with Gasteiger partial charge < -0.3 is 4.74 Å². The van der Waals surface area contributed by atoms with Gasteiger partial charge in [0.25, 0.3) is 0 Å². The molecule has 0 aromatic carbocycles. The number of rotatable bonds is 3. The molecule has 2 nitrogen and oxygen atoms in total. The van der Waals surface area contributed by atoms with Gasteiger partial charge in [-0.1, -0.05) is 39.0 Å².